The highest BCUT2D eigenvalue weighted by Gasteiger charge is 2.19. The van der Waals surface area contributed by atoms with E-state index in [1.54, 1.807) is 7.11 Å². The zero-order chi connectivity index (χ0) is 13.7. The minimum atomic E-state index is 0.0533. The van der Waals surface area contributed by atoms with Crippen LogP contribution in [0.2, 0.25) is 0 Å². The van der Waals surface area contributed by atoms with E-state index in [9.17, 15) is 4.79 Å². The number of para-hydroxylation sites is 1. The van der Waals surface area contributed by atoms with Crippen LogP contribution in [0.1, 0.15) is 18.9 Å². The Morgan fingerprint density at radius 1 is 1.47 bits per heavy atom. The van der Waals surface area contributed by atoms with Crippen LogP contribution in [-0.4, -0.2) is 38.8 Å². The first kappa shape index (κ1) is 13.9. The first-order chi connectivity index (χ1) is 9.20. The highest BCUT2D eigenvalue weighted by atomic mass is 16.5. The average molecular weight is 262 g/mol. The number of hydrogen-bond acceptors (Lipinski definition) is 3. The molecule has 0 aliphatic carbocycles. The van der Waals surface area contributed by atoms with E-state index >= 15 is 0 Å². The number of fused-ring (bicyclic) bond motifs is 1. The van der Waals surface area contributed by atoms with Crippen LogP contribution >= 0.6 is 0 Å². The third-order valence-corrected chi connectivity index (χ3v) is 3.36. The summed E-state index contributed by atoms with van der Waals surface area (Å²) in [6.45, 7) is 3.86. The lowest BCUT2D eigenvalue weighted by molar-refractivity contribution is -0.120. The minimum absolute atomic E-state index is 0.0533. The molecule has 0 spiro atoms. The van der Waals surface area contributed by atoms with E-state index in [4.69, 9.17) is 4.74 Å². The Morgan fingerprint density at radius 2 is 2.26 bits per heavy atom. The van der Waals surface area contributed by atoms with Crippen molar-refractivity contribution in [3.8, 4) is 0 Å². The molecular weight excluding hydrogens is 240 g/mol. The molecule has 0 saturated heterocycles. The van der Waals surface area contributed by atoms with Gasteiger partial charge in [0.1, 0.15) is 0 Å². The lowest BCUT2D eigenvalue weighted by Crippen LogP contribution is -2.44. The monoisotopic (exact) mass is 262 g/mol. The first-order valence-electron chi connectivity index (χ1n) is 6.82. The predicted molar refractivity (Wildman–Crippen MR) is 76.5 cm³/mol. The number of carbonyl (C=O) groups is 1. The summed E-state index contributed by atoms with van der Waals surface area (Å²) >= 11 is 0. The molecule has 1 unspecified atom stereocenters. The summed E-state index contributed by atoms with van der Waals surface area (Å²) in [5.41, 5.74) is 2.54. The van der Waals surface area contributed by atoms with Gasteiger partial charge in [-0.15, -0.1) is 0 Å². The number of ether oxygens (including phenoxy) is 1. The van der Waals surface area contributed by atoms with Crippen LogP contribution in [0.3, 0.4) is 0 Å². The molecule has 1 aromatic rings. The van der Waals surface area contributed by atoms with Gasteiger partial charge in [-0.1, -0.05) is 18.2 Å². The van der Waals surface area contributed by atoms with Crippen molar-refractivity contribution in [3.63, 3.8) is 0 Å². The molecule has 2 rings (SSSR count). The summed E-state index contributed by atoms with van der Waals surface area (Å²) in [5.74, 6) is 0.0567. The molecule has 19 heavy (non-hydrogen) atoms. The second kappa shape index (κ2) is 6.57. The van der Waals surface area contributed by atoms with Gasteiger partial charge in [0.05, 0.1) is 13.2 Å². The van der Waals surface area contributed by atoms with Gasteiger partial charge in [-0.25, -0.2) is 0 Å². The molecule has 0 radical (unpaired) electrons. The fourth-order valence-corrected chi connectivity index (χ4v) is 2.56. The fraction of sp³-hybridized carbons (Fsp3) is 0.533. The van der Waals surface area contributed by atoms with E-state index < -0.39 is 0 Å². The van der Waals surface area contributed by atoms with E-state index in [-0.39, 0.29) is 11.9 Å². The summed E-state index contributed by atoms with van der Waals surface area (Å²) in [6.07, 6.45) is 2.21. The lowest BCUT2D eigenvalue weighted by atomic mass is 10.0. The Labute approximate surface area is 114 Å². The standard InChI is InChI=1S/C15H22N2O2/c1-12(11-19-2)16-15(18)10-17-9-5-7-13-6-3-4-8-14(13)17/h3-4,6,8,12H,5,7,9-11H2,1-2H3,(H,16,18). The maximum atomic E-state index is 12.0. The SMILES string of the molecule is COCC(C)NC(=O)CN1CCCc2ccccc21. The Hall–Kier alpha value is -1.55. The lowest BCUT2D eigenvalue weighted by Gasteiger charge is -2.31. The van der Waals surface area contributed by atoms with E-state index in [0.717, 1.165) is 19.4 Å². The maximum Gasteiger partial charge on any atom is 0.239 e. The molecular formula is C15H22N2O2. The summed E-state index contributed by atoms with van der Waals surface area (Å²) in [7, 11) is 1.64. The molecule has 1 N–H and O–H groups in total. The molecule has 1 amide bonds. The van der Waals surface area contributed by atoms with Gasteiger partial charge >= 0.3 is 0 Å². The summed E-state index contributed by atoms with van der Waals surface area (Å²) in [5, 5.41) is 2.95. The molecule has 4 heteroatoms. The molecule has 0 fully saturated rings. The van der Waals surface area contributed by atoms with Crippen molar-refractivity contribution in [1.82, 2.24) is 5.32 Å². The Kier molecular flexibility index (Phi) is 4.80. The Bertz CT molecular complexity index is 434. The molecule has 1 heterocycles. The van der Waals surface area contributed by atoms with Crippen molar-refractivity contribution < 1.29 is 9.53 Å². The van der Waals surface area contributed by atoms with E-state index in [1.165, 1.54) is 11.3 Å². The second-order valence-corrected chi connectivity index (χ2v) is 5.08. The predicted octanol–water partition coefficient (Wildman–Crippen LogP) is 1.59. The number of carbonyl (C=O) groups excluding carboxylic acids is 1. The highest BCUT2D eigenvalue weighted by molar-refractivity contribution is 5.82. The summed E-state index contributed by atoms with van der Waals surface area (Å²) in [6, 6.07) is 8.39. The zero-order valence-electron chi connectivity index (χ0n) is 11.7. The van der Waals surface area contributed by atoms with Gasteiger partial charge in [-0.3, -0.25) is 4.79 Å². The average Bonchev–Trinajstić information content (AvgIpc) is 2.39. The third-order valence-electron chi connectivity index (χ3n) is 3.36. The van der Waals surface area contributed by atoms with E-state index in [0.29, 0.717) is 13.2 Å². The maximum absolute atomic E-state index is 12.0. The third kappa shape index (κ3) is 3.70. The van der Waals surface area contributed by atoms with Crippen LogP contribution in [0.4, 0.5) is 5.69 Å². The number of anilines is 1. The van der Waals surface area contributed by atoms with Crippen molar-refractivity contribution >= 4 is 11.6 Å². The van der Waals surface area contributed by atoms with Crippen molar-refractivity contribution in [2.75, 3.05) is 31.7 Å². The highest BCUT2D eigenvalue weighted by Crippen LogP contribution is 2.26. The minimum Gasteiger partial charge on any atom is -0.383 e. The van der Waals surface area contributed by atoms with Crippen LogP contribution < -0.4 is 10.2 Å². The van der Waals surface area contributed by atoms with Gasteiger partial charge in [0.25, 0.3) is 0 Å². The normalized spacial score (nSPS) is 15.8. The van der Waals surface area contributed by atoms with E-state index in [2.05, 4.69) is 28.4 Å². The number of rotatable bonds is 5. The van der Waals surface area contributed by atoms with Crippen molar-refractivity contribution in [2.24, 2.45) is 0 Å². The number of methoxy groups -OCH3 is 1. The van der Waals surface area contributed by atoms with E-state index in [1.807, 2.05) is 13.0 Å². The molecule has 1 aliphatic heterocycles. The summed E-state index contributed by atoms with van der Waals surface area (Å²) in [4.78, 5) is 14.2. The topological polar surface area (TPSA) is 41.6 Å². The number of benzene rings is 1. The van der Waals surface area contributed by atoms with Gasteiger partial charge in [-0.2, -0.15) is 0 Å². The second-order valence-electron chi connectivity index (χ2n) is 5.08. The van der Waals surface area contributed by atoms with Crippen LogP contribution in [-0.2, 0) is 16.0 Å². The van der Waals surface area contributed by atoms with Gasteiger partial charge in [0.15, 0.2) is 0 Å². The van der Waals surface area contributed by atoms with Crippen LogP contribution in [0.15, 0.2) is 24.3 Å². The largest absolute Gasteiger partial charge is 0.383 e. The van der Waals surface area contributed by atoms with Gasteiger partial charge in [-0.05, 0) is 31.4 Å². The molecule has 1 atom stereocenters. The number of hydrogen-bond donors (Lipinski definition) is 1. The number of aryl methyl sites for hydroxylation is 1. The molecule has 4 nitrogen and oxygen atoms in total. The van der Waals surface area contributed by atoms with Crippen molar-refractivity contribution in [3.05, 3.63) is 29.8 Å². The van der Waals surface area contributed by atoms with Gasteiger partial charge in [0, 0.05) is 25.4 Å². The number of nitrogens with zero attached hydrogens (tertiary/aromatic N) is 1. The van der Waals surface area contributed by atoms with Crippen LogP contribution in [0.5, 0.6) is 0 Å². The van der Waals surface area contributed by atoms with Crippen LogP contribution in [0, 0.1) is 0 Å². The zero-order valence-corrected chi connectivity index (χ0v) is 11.7. The molecule has 0 bridgehead atoms. The summed E-state index contributed by atoms with van der Waals surface area (Å²) < 4.78 is 5.02. The first-order valence-corrected chi connectivity index (χ1v) is 6.82. The molecule has 1 aliphatic rings. The smallest absolute Gasteiger partial charge is 0.239 e. The molecule has 0 aromatic heterocycles. The Morgan fingerprint density at radius 3 is 3.05 bits per heavy atom. The quantitative estimate of drug-likeness (QED) is 0.876. The van der Waals surface area contributed by atoms with Crippen molar-refractivity contribution in [2.45, 2.75) is 25.8 Å². The van der Waals surface area contributed by atoms with Gasteiger partial charge < -0.3 is 15.0 Å². The molecule has 1 aromatic carbocycles. The van der Waals surface area contributed by atoms with Crippen molar-refractivity contribution in [1.29, 1.82) is 0 Å². The molecule has 104 valence electrons. The molecule has 0 saturated carbocycles. The fourth-order valence-electron chi connectivity index (χ4n) is 2.56. The Balaban J connectivity index is 1.95. The number of nitrogens with one attached hydrogen (secondary N) is 1. The number of amides is 1. The van der Waals surface area contributed by atoms with Gasteiger partial charge in [0.2, 0.25) is 5.91 Å². The van der Waals surface area contributed by atoms with Crippen LogP contribution in [0.25, 0.3) is 0 Å².